The Kier molecular flexibility index (Phi) is 4.39. The highest BCUT2D eigenvalue weighted by Gasteiger charge is 2.26. The Hall–Kier alpha value is -3.58. The molecule has 146 valence electrons. The zero-order chi connectivity index (χ0) is 20.8. The molecule has 9 nitrogen and oxygen atoms in total. The molecule has 0 saturated heterocycles. The van der Waals surface area contributed by atoms with Crippen molar-refractivity contribution in [3.8, 4) is 11.4 Å². The van der Waals surface area contributed by atoms with Crippen LogP contribution in [0.15, 0.2) is 34.5 Å². The van der Waals surface area contributed by atoms with Gasteiger partial charge < -0.3 is 5.73 Å². The molecule has 0 spiro atoms. The summed E-state index contributed by atoms with van der Waals surface area (Å²) in [5.41, 5.74) is 10.2. The zero-order valence-corrected chi connectivity index (χ0v) is 17.2. The second-order valence-electron chi connectivity index (χ2n) is 7.61. The molecule has 0 aliphatic rings. The van der Waals surface area contributed by atoms with Crippen LogP contribution in [0.3, 0.4) is 0 Å². The zero-order valence-electron chi connectivity index (χ0n) is 16.4. The summed E-state index contributed by atoms with van der Waals surface area (Å²) in [5.74, 6) is 0.559. The summed E-state index contributed by atoms with van der Waals surface area (Å²) in [7, 11) is 0. The van der Waals surface area contributed by atoms with Gasteiger partial charge in [-0.25, -0.2) is 14.2 Å². The molecule has 0 amide bonds. The Morgan fingerprint density at radius 1 is 1.21 bits per heavy atom. The van der Waals surface area contributed by atoms with Gasteiger partial charge in [0.15, 0.2) is 16.5 Å². The van der Waals surface area contributed by atoms with E-state index in [1.807, 2.05) is 24.3 Å². The van der Waals surface area contributed by atoms with Gasteiger partial charge in [0.05, 0.1) is 18.0 Å². The first-order valence-electron chi connectivity index (χ1n) is 8.88. The minimum Gasteiger partial charge on any atom is -0.399 e. The molecule has 29 heavy (non-hydrogen) atoms. The predicted molar refractivity (Wildman–Crippen MR) is 113 cm³/mol. The maximum Gasteiger partial charge on any atom is 0.247 e. The summed E-state index contributed by atoms with van der Waals surface area (Å²) in [5, 5.41) is 17.1. The van der Waals surface area contributed by atoms with E-state index in [4.69, 9.17) is 12.3 Å². The van der Waals surface area contributed by atoms with Gasteiger partial charge in [-0.2, -0.15) is 4.63 Å². The number of aromatic amines is 1. The number of nitrogens with one attached hydrogen (secondary N) is 1. The Bertz CT molecular complexity index is 1260. The van der Waals surface area contributed by atoms with Crippen LogP contribution < -0.4 is 5.73 Å². The number of anilines is 1. The van der Waals surface area contributed by atoms with Crippen LogP contribution in [0, 0.1) is 13.5 Å². The Morgan fingerprint density at radius 3 is 2.59 bits per heavy atom. The summed E-state index contributed by atoms with van der Waals surface area (Å²) in [6.07, 6.45) is 0. The van der Waals surface area contributed by atoms with E-state index >= 15 is 0 Å². The van der Waals surface area contributed by atoms with Gasteiger partial charge in [-0.3, -0.25) is 5.10 Å². The van der Waals surface area contributed by atoms with E-state index in [1.165, 1.54) is 0 Å². The van der Waals surface area contributed by atoms with Crippen LogP contribution in [0.2, 0.25) is 0 Å². The highest BCUT2D eigenvalue weighted by molar-refractivity contribution is 7.10. The molecule has 0 unspecified atom stereocenters. The van der Waals surface area contributed by atoms with Crippen LogP contribution in [-0.2, 0) is 5.41 Å². The SMILES string of the molecule is [C-]#[N+]c1c(C)nsc1N=Nc1c(C(C)(C)C)[nH]n2nc(-c3ccc(N)cc3)nc12. The number of nitrogens with two attached hydrogens (primary N) is 1. The lowest BCUT2D eigenvalue weighted by Crippen LogP contribution is -2.12. The minimum absolute atomic E-state index is 0.232. The van der Waals surface area contributed by atoms with Crippen LogP contribution in [-0.4, -0.2) is 24.2 Å². The van der Waals surface area contributed by atoms with Crippen molar-refractivity contribution >= 4 is 39.2 Å². The van der Waals surface area contributed by atoms with Crippen LogP contribution in [0.1, 0.15) is 32.2 Å². The molecule has 3 heterocycles. The highest BCUT2D eigenvalue weighted by atomic mass is 32.1. The van der Waals surface area contributed by atoms with Gasteiger partial charge in [0.2, 0.25) is 11.3 Å². The molecule has 4 rings (SSSR count). The fraction of sp³-hybridized carbons (Fsp3) is 0.263. The summed E-state index contributed by atoms with van der Waals surface area (Å²) in [6.45, 7) is 15.3. The molecule has 3 aromatic heterocycles. The number of rotatable bonds is 3. The molecule has 0 radical (unpaired) electrons. The molecular formula is C19H19N9S. The number of fused-ring (bicyclic) bond motifs is 1. The molecule has 0 fully saturated rings. The average molecular weight is 405 g/mol. The minimum atomic E-state index is -0.232. The number of hydrogen-bond donors (Lipinski definition) is 2. The number of hydrogen-bond acceptors (Lipinski definition) is 7. The van der Waals surface area contributed by atoms with Crippen molar-refractivity contribution in [2.45, 2.75) is 33.1 Å². The van der Waals surface area contributed by atoms with Gasteiger partial charge in [-0.15, -0.1) is 15.3 Å². The van der Waals surface area contributed by atoms with Crippen molar-refractivity contribution in [2.75, 3.05) is 5.73 Å². The summed E-state index contributed by atoms with van der Waals surface area (Å²) >= 11 is 1.16. The third kappa shape index (κ3) is 3.36. The number of benzene rings is 1. The fourth-order valence-electron chi connectivity index (χ4n) is 2.83. The average Bonchev–Trinajstić information content (AvgIpc) is 3.32. The lowest BCUT2D eigenvalue weighted by molar-refractivity contribution is 0.557. The number of aromatic nitrogens is 5. The number of aryl methyl sites for hydroxylation is 1. The molecule has 1 aromatic carbocycles. The molecule has 3 N–H and O–H groups in total. The third-order valence-electron chi connectivity index (χ3n) is 4.36. The maximum atomic E-state index is 7.33. The van der Waals surface area contributed by atoms with E-state index in [9.17, 15) is 0 Å². The van der Waals surface area contributed by atoms with Gasteiger partial charge in [0.1, 0.15) is 0 Å². The van der Waals surface area contributed by atoms with Crippen molar-refractivity contribution in [3.63, 3.8) is 0 Å². The summed E-state index contributed by atoms with van der Waals surface area (Å²) in [4.78, 5) is 8.17. The number of nitrogen functional groups attached to an aromatic ring is 1. The van der Waals surface area contributed by atoms with E-state index < -0.39 is 0 Å². The monoisotopic (exact) mass is 405 g/mol. The van der Waals surface area contributed by atoms with Gasteiger partial charge in [0, 0.05) is 16.7 Å². The van der Waals surface area contributed by atoms with E-state index in [-0.39, 0.29) is 5.41 Å². The topological polar surface area (TPSA) is 114 Å². The van der Waals surface area contributed by atoms with Crippen molar-refractivity contribution in [3.05, 3.63) is 47.1 Å². The molecule has 0 aliphatic carbocycles. The highest BCUT2D eigenvalue weighted by Crippen LogP contribution is 2.39. The summed E-state index contributed by atoms with van der Waals surface area (Å²) in [6, 6.07) is 7.37. The van der Waals surface area contributed by atoms with Crippen molar-refractivity contribution in [1.82, 2.24) is 24.2 Å². The summed E-state index contributed by atoms with van der Waals surface area (Å²) < 4.78 is 5.80. The smallest absolute Gasteiger partial charge is 0.247 e. The van der Waals surface area contributed by atoms with Gasteiger partial charge >= 0.3 is 0 Å². The van der Waals surface area contributed by atoms with Crippen molar-refractivity contribution in [2.24, 2.45) is 10.2 Å². The van der Waals surface area contributed by atoms with Crippen LogP contribution in [0.4, 0.5) is 22.1 Å². The van der Waals surface area contributed by atoms with Crippen LogP contribution in [0.25, 0.3) is 21.9 Å². The van der Waals surface area contributed by atoms with Gasteiger partial charge in [-0.1, -0.05) is 20.8 Å². The Labute approximate surface area is 171 Å². The van der Waals surface area contributed by atoms with Gasteiger partial charge in [0.25, 0.3) is 0 Å². The van der Waals surface area contributed by atoms with E-state index in [1.54, 1.807) is 11.6 Å². The Balaban J connectivity index is 1.84. The predicted octanol–water partition coefficient (Wildman–Crippen LogP) is 5.34. The fourth-order valence-corrected chi connectivity index (χ4v) is 3.50. The van der Waals surface area contributed by atoms with Crippen molar-refractivity contribution in [1.29, 1.82) is 0 Å². The molecular weight excluding hydrogens is 386 g/mol. The number of nitrogens with zero attached hydrogens (tertiary/aromatic N) is 7. The van der Waals surface area contributed by atoms with Crippen LogP contribution >= 0.6 is 11.5 Å². The molecule has 0 atom stereocenters. The Morgan fingerprint density at radius 2 is 1.93 bits per heavy atom. The third-order valence-corrected chi connectivity index (χ3v) is 5.17. The maximum absolute atomic E-state index is 7.33. The molecule has 0 bridgehead atoms. The molecule has 0 aliphatic heterocycles. The largest absolute Gasteiger partial charge is 0.399 e. The molecule has 10 heteroatoms. The number of azo groups is 1. The second-order valence-corrected chi connectivity index (χ2v) is 8.36. The van der Waals surface area contributed by atoms with Crippen molar-refractivity contribution < 1.29 is 0 Å². The first-order valence-corrected chi connectivity index (χ1v) is 9.66. The van der Waals surface area contributed by atoms with Gasteiger partial charge in [-0.05, 0) is 42.7 Å². The lowest BCUT2D eigenvalue weighted by Gasteiger charge is -2.16. The number of H-pyrrole nitrogens is 1. The normalized spacial score (nSPS) is 12.1. The lowest BCUT2D eigenvalue weighted by atomic mass is 9.91. The first-order chi connectivity index (χ1) is 13.8. The van der Waals surface area contributed by atoms with Crippen LogP contribution in [0.5, 0.6) is 0 Å². The second kappa shape index (κ2) is 6.79. The van der Waals surface area contributed by atoms with E-state index in [0.29, 0.717) is 39.2 Å². The molecule has 4 aromatic rings. The van der Waals surface area contributed by atoms with E-state index in [2.05, 4.69) is 55.4 Å². The standard InChI is InChI=1S/C19H19N9S/c1-10-13(21-5)18(29-27-10)24-23-14-15(19(2,3)4)25-28-17(14)22-16(26-28)11-6-8-12(20)9-7-11/h6-9,25H,20H2,1-4H3. The molecule has 0 saturated carbocycles. The van der Waals surface area contributed by atoms with E-state index in [0.717, 1.165) is 22.8 Å². The quantitative estimate of drug-likeness (QED) is 0.272. The first kappa shape index (κ1) is 18.8.